The summed E-state index contributed by atoms with van der Waals surface area (Å²) in [6.07, 6.45) is 0. The molecule has 1 unspecified atom stereocenters. The zero-order chi connectivity index (χ0) is 13.8. The molecule has 112 valence electrons. The monoisotopic (exact) mass is 302 g/mol. The third kappa shape index (κ3) is 3.61. The molecule has 1 aromatic carbocycles. The van der Waals surface area contributed by atoms with Crippen LogP contribution >= 0.6 is 12.4 Å². The zero-order valence-corrected chi connectivity index (χ0v) is 12.5. The number of carbonyl (C=O) groups excluding carboxylic acids is 1. The molecule has 1 amide bonds. The molecular formula is C14H20ClFN2O2. The molecule has 1 saturated heterocycles. The van der Waals surface area contributed by atoms with E-state index in [-0.39, 0.29) is 30.1 Å². The lowest BCUT2D eigenvalue weighted by atomic mass is 10.1. The Hall–Kier alpha value is -1.33. The first-order valence-electron chi connectivity index (χ1n) is 6.57. The Bertz CT molecular complexity index is 470. The van der Waals surface area contributed by atoms with Crippen LogP contribution in [0, 0.1) is 5.82 Å². The van der Waals surface area contributed by atoms with Gasteiger partial charge in [-0.25, -0.2) is 4.39 Å². The predicted molar refractivity (Wildman–Crippen MR) is 78.2 cm³/mol. The molecule has 1 fully saturated rings. The van der Waals surface area contributed by atoms with Gasteiger partial charge in [-0.15, -0.1) is 12.4 Å². The van der Waals surface area contributed by atoms with Crippen LogP contribution in [0.4, 0.5) is 4.39 Å². The summed E-state index contributed by atoms with van der Waals surface area (Å²) in [5, 5.41) is 3.27. The van der Waals surface area contributed by atoms with Gasteiger partial charge >= 0.3 is 0 Å². The van der Waals surface area contributed by atoms with Crippen molar-refractivity contribution in [2.45, 2.75) is 19.9 Å². The Morgan fingerprint density at radius 2 is 2.30 bits per heavy atom. The van der Waals surface area contributed by atoms with E-state index in [9.17, 15) is 9.18 Å². The zero-order valence-electron chi connectivity index (χ0n) is 11.7. The van der Waals surface area contributed by atoms with Gasteiger partial charge in [0.15, 0.2) is 11.6 Å². The summed E-state index contributed by atoms with van der Waals surface area (Å²) in [6, 6.07) is 4.71. The Kier molecular flexibility index (Phi) is 6.23. The number of halogens is 2. The summed E-state index contributed by atoms with van der Waals surface area (Å²) in [7, 11) is 0. The number of hydrogen-bond donors (Lipinski definition) is 1. The number of hydrogen-bond acceptors (Lipinski definition) is 3. The van der Waals surface area contributed by atoms with Gasteiger partial charge in [0.25, 0.3) is 5.91 Å². The van der Waals surface area contributed by atoms with E-state index in [0.717, 1.165) is 6.54 Å². The summed E-state index contributed by atoms with van der Waals surface area (Å²) in [6.45, 7) is 6.14. The summed E-state index contributed by atoms with van der Waals surface area (Å²) < 4.78 is 19.0. The highest BCUT2D eigenvalue weighted by atomic mass is 35.5. The van der Waals surface area contributed by atoms with Crippen molar-refractivity contribution in [3.05, 3.63) is 29.6 Å². The highest BCUT2D eigenvalue weighted by molar-refractivity contribution is 5.97. The van der Waals surface area contributed by atoms with E-state index in [1.807, 2.05) is 6.92 Å². The van der Waals surface area contributed by atoms with Crippen LogP contribution in [-0.4, -0.2) is 43.1 Å². The Morgan fingerprint density at radius 3 is 2.95 bits per heavy atom. The highest BCUT2D eigenvalue weighted by Gasteiger charge is 2.25. The van der Waals surface area contributed by atoms with Gasteiger partial charge in [-0.2, -0.15) is 0 Å². The van der Waals surface area contributed by atoms with Crippen molar-refractivity contribution in [2.75, 3.05) is 26.2 Å². The number of piperazine rings is 1. The maximum Gasteiger partial charge on any atom is 0.257 e. The molecule has 0 aliphatic carbocycles. The van der Waals surface area contributed by atoms with Crippen LogP contribution < -0.4 is 10.1 Å². The minimum atomic E-state index is -0.490. The van der Waals surface area contributed by atoms with E-state index in [1.165, 1.54) is 12.1 Å². The number of benzene rings is 1. The fourth-order valence-corrected chi connectivity index (χ4v) is 2.26. The summed E-state index contributed by atoms with van der Waals surface area (Å²) in [5.74, 6) is -0.603. The van der Waals surface area contributed by atoms with Crippen LogP contribution in [0.15, 0.2) is 18.2 Å². The largest absolute Gasteiger partial charge is 0.490 e. The van der Waals surface area contributed by atoms with Gasteiger partial charge in [0.2, 0.25) is 0 Å². The smallest absolute Gasteiger partial charge is 0.257 e. The molecule has 1 heterocycles. The van der Waals surface area contributed by atoms with Gasteiger partial charge in [0, 0.05) is 25.7 Å². The Balaban J connectivity index is 0.00000200. The molecule has 0 bridgehead atoms. The SMILES string of the molecule is CCOc1c(F)cccc1C(=O)N1CCNC(C)C1.Cl. The first-order valence-corrected chi connectivity index (χ1v) is 6.57. The Morgan fingerprint density at radius 1 is 1.55 bits per heavy atom. The van der Waals surface area contributed by atoms with Crippen LogP contribution in [0.5, 0.6) is 5.75 Å². The van der Waals surface area contributed by atoms with E-state index >= 15 is 0 Å². The number of nitrogens with zero attached hydrogens (tertiary/aromatic N) is 1. The first-order chi connectivity index (χ1) is 9.13. The van der Waals surface area contributed by atoms with Gasteiger partial charge in [-0.3, -0.25) is 4.79 Å². The number of para-hydroxylation sites is 1. The fourth-order valence-electron chi connectivity index (χ4n) is 2.26. The molecule has 6 heteroatoms. The summed E-state index contributed by atoms with van der Waals surface area (Å²) in [5.41, 5.74) is 0.302. The van der Waals surface area contributed by atoms with Crippen molar-refractivity contribution in [1.29, 1.82) is 0 Å². The quantitative estimate of drug-likeness (QED) is 0.929. The average Bonchev–Trinajstić information content (AvgIpc) is 2.40. The van der Waals surface area contributed by atoms with Crippen LogP contribution in [-0.2, 0) is 0 Å². The second kappa shape index (κ2) is 7.45. The van der Waals surface area contributed by atoms with E-state index < -0.39 is 5.82 Å². The van der Waals surface area contributed by atoms with Crippen LogP contribution in [0.1, 0.15) is 24.2 Å². The maximum atomic E-state index is 13.7. The lowest BCUT2D eigenvalue weighted by molar-refractivity contribution is 0.0704. The minimum absolute atomic E-state index is 0. The van der Waals surface area contributed by atoms with Crippen LogP contribution in [0.25, 0.3) is 0 Å². The van der Waals surface area contributed by atoms with Crippen molar-refractivity contribution in [1.82, 2.24) is 10.2 Å². The van der Waals surface area contributed by atoms with Crippen molar-refractivity contribution in [3.63, 3.8) is 0 Å². The van der Waals surface area contributed by atoms with Crippen molar-refractivity contribution in [2.24, 2.45) is 0 Å². The topological polar surface area (TPSA) is 41.6 Å². The lowest BCUT2D eigenvalue weighted by Gasteiger charge is -2.32. The molecule has 0 spiro atoms. The maximum absolute atomic E-state index is 13.7. The van der Waals surface area contributed by atoms with Gasteiger partial charge in [0.1, 0.15) is 0 Å². The van der Waals surface area contributed by atoms with Crippen molar-refractivity contribution in [3.8, 4) is 5.75 Å². The van der Waals surface area contributed by atoms with E-state index in [0.29, 0.717) is 25.3 Å². The normalized spacial score (nSPS) is 18.4. The summed E-state index contributed by atoms with van der Waals surface area (Å²) >= 11 is 0. The third-order valence-electron chi connectivity index (χ3n) is 3.14. The predicted octanol–water partition coefficient (Wildman–Crippen LogP) is 2.08. The van der Waals surface area contributed by atoms with E-state index in [2.05, 4.69) is 5.32 Å². The summed E-state index contributed by atoms with van der Waals surface area (Å²) in [4.78, 5) is 14.2. The van der Waals surface area contributed by atoms with E-state index in [4.69, 9.17) is 4.74 Å². The molecule has 20 heavy (non-hydrogen) atoms. The molecule has 0 saturated carbocycles. The lowest BCUT2D eigenvalue weighted by Crippen LogP contribution is -2.51. The number of ether oxygens (including phenoxy) is 1. The molecule has 0 aromatic heterocycles. The molecule has 4 nitrogen and oxygen atoms in total. The molecule has 1 atom stereocenters. The second-order valence-electron chi connectivity index (χ2n) is 4.66. The van der Waals surface area contributed by atoms with Crippen LogP contribution in [0.3, 0.4) is 0 Å². The third-order valence-corrected chi connectivity index (χ3v) is 3.14. The van der Waals surface area contributed by atoms with Crippen molar-refractivity contribution >= 4 is 18.3 Å². The fraction of sp³-hybridized carbons (Fsp3) is 0.500. The van der Waals surface area contributed by atoms with Gasteiger partial charge in [-0.05, 0) is 26.0 Å². The Labute approximate surface area is 124 Å². The number of nitrogens with one attached hydrogen (secondary N) is 1. The standard InChI is InChI=1S/C14H19FN2O2.ClH/c1-3-19-13-11(5-4-6-12(13)15)14(18)17-8-7-16-10(2)9-17;/h4-6,10,16H,3,7-9H2,1-2H3;1H. The average molecular weight is 303 g/mol. The number of carbonyl (C=O) groups is 1. The van der Waals surface area contributed by atoms with Gasteiger partial charge in [0.05, 0.1) is 12.2 Å². The number of rotatable bonds is 3. The molecule has 1 aromatic rings. The first kappa shape index (κ1) is 16.7. The highest BCUT2D eigenvalue weighted by Crippen LogP contribution is 2.24. The molecular weight excluding hydrogens is 283 g/mol. The number of amides is 1. The molecule has 0 radical (unpaired) electrons. The molecule has 2 rings (SSSR count). The molecule has 1 N–H and O–H groups in total. The van der Waals surface area contributed by atoms with Gasteiger partial charge < -0.3 is 15.0 Å². The van der Waals surface area contributed by atoms with E-state index in [1.54, 1.807) is 17.9 Å². The van der Waals surface area contributed by atoms with Crippen LogP contribution in [0.2, 0.25) is 0 Å². The molecule has 1 aliphatic rings. The van der Waals surface area contributed by atoms with Gasteiger partial charge in [-0.1, -0.05) is 6.07 Å². The minimum Gasteiger partial charge on any atom is -0.490 e. The van der Waals surface area contributed by atoms with Crippen molar-refractivity contribution < 1.29 is 13.9 Å². The second-order valence-corrected chi connectivity index (χ2v) is 4.66. The molecule has 1 aliphatic heterocycles.